The third-order valence-corrected chi connectivity index (χ3v) is 4.38. The highest BCUT2D eigenvalue weighted by Crippen LogP contribution is 2.08. The zero-order chi connectivity index (χ0) is 13.2. The number of aromatic amines is 1. The number of carbonyl (C=O) groups is 1. The molecule has 2 heterocycles. The number of nitrogens with one attached hydrogen (secondary N) is 1. The Bertz CT molecular complexity index is 502. The Balaban J connectivity index is 1.88. The molecule has 0 spiro atoms. The molecule has 0 aromatic carbocycles. The number of hydrogen-bond acceptors (Lipinski definition) is 3. The van der Waals surface area contributed by atoms with E-state index in [4.69, 9.17) is 0 Å². The molecular weight excluding hydrogens is 254 g/mol. The molecule has 18 heavy (non-hydrogen) atoms. The highest BCUT2D eigenvalue weighted by Gasteiger charge is 2.25. The number of hydrogen-bond donors (Lipinski definition) is 1. The summed E-state index contributed by atoms with van der Waals surface area (Å²) in [6.07, 6.45) is 5.14. The molecule has 0 saturated carbocycles. The molecule has 1 aliphatic heterocycles. The van der Waals surface area contributed by atoms with Gasteiger partial charge in [0.25, 0.3) is 0 Å². The molecule has 1 fully saturated rings. The predicted molar refractivity (Wildman–Crippen MR) is 67.5 cm³/mol. The topological polar surface area (TPSA) is 73.5 Å². The number of rotatable bonds is 3. The molecule has 1 amide bonds. The number of sulfonamides is 1. The molecule has 0 bridgehead atoms. The van der Waals surface area contributed by atoms with Crippen LogP contribution in [0.1, 0.15) is 5.56 Å². The summed E-state index contributed by atoms with van der Waals surface area (Å²) in [6, 6.07) is 1.87. The van der Waals surface area contributed by atoms with E-state index in [0.717, 1.165) is 5.56 Å². The Morgan fingerprint density at radius 1 is 1.33 bits per heavy atom. The van der Waals surface area contributed by atoms with Crippen molar-refractivity contribution in [3.05, 3.63) is 24.0 Å². The largest absolute Gasteiger partial charge is 0.367 e. The Morgan fingerprint density at radius 3 is 2.50 bits per heavy atom. The van der Waals surface area contributed by atoms with Crippen molar-refractivity contribution in [3.63, 3.8) is 0 Å². The van der Waals surface area contributed by atoms with Gasteiger partial charge in [0.1, 0.15) is 0 Å². The average molecular weight is 271 g/mol. The summed E-state index contributed by atoms with van der Waals surface area (Å²) in [6.45, 7) is 1.71. The van der Waals surface area contributed by atoms with Crippen LogP contribution >= 0.6 is 0 Å². The van der Waals surface area contributed by atoms with Crippen LogP contribution in [0.5, 0.6) is 0 Å². The second kappa shape index (κ2) is 5.11. The van der Waals surface area contributed by atoms with E-state index in [2.05, 4.69) is 4.98 Å². The Morgan fingerprint density at radius 2 is 2.00 bits per heavy atom. The highest BCUT2D eigenvalue weighted by atomic mass is 32.2. The van der Waals surface area contributed by atoms with Crippen LogP contribution in [-0.4, -0.2) is 60.9 Å². The number of H-pyrrole nitrogens is 1. The minimum absolute atomic E-state index is 0.0442. The molecule has 1 saturated heterocycles. The molecule has 6 nitrogen and oxygen atoms in total. The van der Waals surface area contributed by atoms with E-state index in [1.54, 1.807) is 17.3 Å². The van der Waals surface area contributed by atoms with Crippen LogP contribution in [0, 0.1) is 0 Å². The first kappa shape index (κ1) is 13.1. The smallest absolute Gasteiger partial charge is 0.227 e. The summed E-state index contributed by atoms with van der Waals surface area (Å²) in [5.74, 6) is 0.0442. The van der Waals surface area contributed by atoms with Gasteiger partial charge in [0, 0.05) is 38.6 Å². The minimum atomic E-state index is -3.13. The predicted octanol–water partition coefficient (Wildman–Crippen LogP) is -0.339. The summed E-state index contributed by atoms with van der Waals surface area (Å²) < 4.78 is 24.1. The van der Waals surface area contributed by atoms with Crippen molar-refractivity contribution in [3.8, 4) is 0 Å². The van der Waals surface area contributed by atoms with Crippen LogP contribution < -0.4 is 0 Å². The van der Waals surface area contributed by atoms with Gasteiger partial charge in [-0.25, -0.2) is 8.42 Å². The normalized spacial score (nSPS) is 17.9. The number of aromatic nitrogens is 1. The molecule has 1 N–H and O–H groups in total. The summed E-state index contributed by atoms with van der Waals surface area (Å²) in [5.41, 5.74) is 0.950. The van der Waals surface area contributed by atoms with Crippen LogP contribution in [0.15, 0.2) is 18.5 Å². The summed E-state index contributed by atoms with van der Waals surface area (Å²) >= 11 is 0. The van der Waals surface area contributed by atoms with Crippen LogP contribution in [0.2, 0.25) is 0 Å². The second-order valence-corrected chi connectivity index (χ2v) is 6.42. The molecule has 1 aromatic rings. The average Bonchev–Trinajstić information content (AvgIpc) is 2.81. The summed E-state index contributed by atoms with van der Waals surface area (Å²) in [7, 11) is -3.13. The van der Waals surface area contributed by atoms with Crippen molar-refractivity contribution in [1.29, 1.82) is 0 Å². The number of amides is 1. The highest BCUT2D eigenvalue weighted by molar-refractivity contribution is 7.88. The fraction of sp³-hybridized carbons (Fsp3) is 0.545. The molecule has 2 rings (SSSR count). The van der Waals surface area contributed by atoms with Crippen molar-refractivity contribution < 1.29 is 13.2 Å². The second-order valence-electron chi connectivity index (χ2n) is 4.44. The van der Waals surface area contributed by atoms with Crippen molar-refractivity contribution in [2.24, 2.45) is 0 Å². The van der Waals surface area contributed by atoms with E-state index in [9.17, 15) is 13.2 Å². The van der Waals surface area contributed by atoms with E-state index in [0.29, 0.717) is 32.6 Å². The molecule has 1 aromatic heterocycles. The van der Waals surface area contributed by atoms with Crippen LogP contribution in [0.3, 0.4) is 0 Å². The van der Waals surface area contributed by atoms with Gasteiger partial charge >= 0.3 is 0 Å². The number of piperazine rings is 1. The van der Waals surface area contributed by atoms with Gasteiger partial charge in [-0.1, -0.05) is 0 Å². The lowest BCUT2D eigenvalue weighted by Crippen LogP contribution is -2.50. The molecule has 0 radical (unpaired) electrons. The lowest BCUT2D eigenvalue weighted by atomic mass is 10.2. The standard InChI is InChI=1S/C11H17N3O3S/c1-18(16,17)14-6-4-13(5-7-14)11(15)8-10-2-3-12-9-10/h2-3,9,12H,4-8H2,1H3. The van der Waals surface area contributed by atoms with Crippen molar-refractivity contribution in [2.45, 2.75) is 6.42 Å². The first-order valence-electron chi connectivity index (χ1n) is 5.81. The first-order valence-corrected chi connectivity index (χ1v) is 7.66. The fourth-order valence-corrected chi connectivity index (χ4v) is 2.85. The number of carbonyl (C=O) groups excluding carboxylic acids is 1. The van der Waals surface area contributed by atoms with Gasteiger partial charge in [-0.05, 0) is 11.6 Å². The Kier molecular flexibility index (Phi) is 3.72. The molecule has 0 atom stereocenters. The number of nitrogens with zero attached hydrogens (tertiary/aromatic N) is 2. The van der Waals surface area contributed by atoms with Gasteiger partial charge in [0.2, 0.25) is 15.9 Å². The Hall–Kier alpha value is -1.34. The van der Waals surface area contributed by atoms with Gasteiger partial charge < -0.3 is 9.88 Å². The molecule has 100 valence electrons. The van der Waals surface area contributed by atoms with Crippen molar-refractivity contribution in [2.75, 3.05) is 32.4 Å². The van der Waals surface area contributed by atoms with E-state index in [1.165, 1.54) is 10.6 Å². The SMILES string of the molecule is CS(=O)(=O)N1CCN(C(=O)Cc2cc[nH]c2)CC1. The maximum atomic E-state index is 12.0. The van der Waals surface area contributed by atoms with Gasteiger partial charge in [-0.15, -0.1) is 0 Å². The first-order chi connectivity index (χ1) is 8.47. The molecule has 0 aliphatic carbocycles. The van der Waals surface area contributed by atoms with Gasteiger partial charge in [-0.3, -0.25) is 4.79 Å². The van der Waals surface area contributed by atoms with Crippen molar-refractivity contribution in [1.82, 2.24) is 14.2 Å². The summed E-state index contributed by atoms with van der Waals surface area (Å²) in [5, 5.41) is 0. The minimum Gasteiger partial charge on any atom is -0.367 e. The quantitative estimate of drug-likeness (QED) is 0.817. The zero-order valence-electron chi connectivity index (χ0n) is 10.3. The molecule has 7 heteroatoms. The maximum Gasteiger partial charge on any atom is 0.227 e. The zero-order valence-corrected chi connectivity index (χ0v) is 11.1. The van der Waals surface area contributed by atoms with E-state index in [1.807, 2.05) is 6.07 Å². The van der Waals surface area contributed by atoms with E-state index in [-0.39, 0.29) is 5.91 Å². The third kappa shape index (κ3) is 3.11. The van der Waals surface area contributed by atoms with Gasteiger partial charge in [-0.2, -0.15) is 4.31 Å². The van der Waals surface area contributed by atoms with Gasteiger partial charge in [0.05, 0.1) is 12.7 Å². The Labute approximate surface area is 107 Å². The monoisotopic (exact) mass is 271 g/mol. The maximum absolute atomic E-state index is 12.0. The fourth-order valence-electron chi connectivity index (χ4n) is 2.02. The van der Waals surface area contributed by atoms with Crippen LogP contribution in [0.4, 0.5) is 0 Å². The molecule has 0 unspecified atom stereocenters. The van der Waals surface area contributed by atoms with Crippen LogP contribution in [0.25, 0.3) is 0 Å². The molecule has 1 aliphatic rings. The van der Waals surface area contributed by atoms with Crippen LogP contribution in [-0.2, 0) is 21.2 Å². The van der Waals surface area contributed by atoms with E-state index >= 15 is 0 Å². The van der Waals surface area contributed by atoms with Gasteiger partial charge in [0.15, 0.2) is 0 Å². The summed E-state index contributed by atoms with van der Waals surface area (Å²) in [4.78, 5) is 16.6. The molecular formula is C11H17N3O3S. The third-order valence-electron chi connectivity index (χ3n) is 3.08. The lowest BCUT2D eigenvalue weighted by molar-refractivity contribution is -0.131. The van der Waals surface area contributed by atoms with Crippen molar-refractivity contribution >= 4 is 15.9 Å². The van der Waals surface area contributed by atoms with E-state index < -0.39 is 10.0 Å². The lowest BCUT2D eigenvalue weighted by Gasteiger charge is -2.33.